The highest BCUT2D eigenvalue weighted by atomic mass is 16.3. The van der Waals surface area contributed by atoms with E-state index in [0.717, 1.165) is 111 Å². The highest BCUT2D eigenvalue weighted by Crippen LogP contribution is 2.41. The fraction of sp³-hybridized carbons (Fsp3) is 0.0615. The van der Waals surface area contributed by atoms with Crippen molar-refractivity contribution in [1.29, 1.82) is 0 Å². The van der Waals surface area contributed by atoms with E-state index in [1.807, 2.05) is 137 Å². The van der Waals surface area contributed by atoms with E-state index in [1.54, 1.807) is 0 Å². The van der Waals surface area contributed by atoms with Gasteiger partial charge in [0, 0.05) is 62.6 Å². The van der Waals surface area contributed by atoms with Gasteiger partial charge in [-0.3, -0.25) is 15.0 Å². The Morgan fingerprint density at radius 1 is 0.380 bits per heavy atom. The molecule has 0 atom stereocenters. The predicted molar refractivity (Wildman–Crippen MR) is 300 cm³/mol. The Bertz CT molecular complexity index is 3940. The van der Waals surface area contributed by atoms with Crippen molar-refractivity contribution < 1.29 is 4.42 Å². The molecule has 0 saturated carbocycles. The van der Waals surface area contributed by atoms with Crippen LogP contribution in [0, 0.1) is 0 Å². The molecule has 344 valence electrons. The van der Waals surface area contributed by atoms with E-state index in [9.17, 15) is 0 Å². The molecule has 7 aromatic carbocycles. The highest BCUT2D eigenvalue weighted by molar-refractivity contribution is 6.14. The maximum atomic E-state index is 6.72. The second-order valence-electron chi connectivity index (χ2n) is 16.6. The van der Waals surface area contributed by atoms with Gasteiger partial charge in [0.05, 0.1) is 38.8 Å². The van der Waals surface area contributed by atoms with Crippen LogP contribution in [-0.2, 0) is 0 Å². The topological polar surface area (TPSA) is 61.7 Å². The lowest BCUT2D eigenvalue weighted by Crippen LogP contribution is -1.93. The van der Waals surface area contributed by atoms with E-state index in [1.165, 1.54) is 0 Å². The summed E-state index contributed by atoms with van der Waals surface area (Å²) < 4.78 is 11.3. The smallest absolute Gasteiger partial charge is 0.143 e. The summed E-state index contributed by atoms with van der Waals surface area (Å²) in [6.07, 6.45) is 13.6. The third-order valence-electron chi connectivity index (χ3n) is 12.4. The van der Waals surface area contributed by atoms with Crippen LogP contribution in [0.5, 0.6) is 0 Å². The lowest BCUT2D eigenvalue weighted by Gasteiger charge is -2.11. The Morgan fingerprint density at radius 2 is 0.915 bits per heavy atom. The first-order valence-electron chi connectivity index (χ1n) is 24.2. The second-order valence-corrected chi connectivity index (χ2v) is 16.6. The van der Waals surface area contributed by atoms with Gasteiger partial charge in [0.25, 0.3) is 0 Å². The molecule has 6 heterocycles. The number of aromatic nitrogens is 5. The van der Waals surface area contributed by atoms with Gasteiger partial charge in [-0.15, -0.1) is 0 Å². The molecule has 0 saturated heterocycles. The predicted octanol–water partition coefficient (Wildman–Crippen LogP) is 17.8. The minimum atomic E-state index is 0.844. The summed E-state index contributed by atoms with van der Waals surface area (Å²) in [6, 6.07) is 71.6. The van der Waals surface area contributed by atoms with Crippen LogP contribution in [0.15, 0.2) is 254 Å². The normalized spacial score (nSPS) is 11.3. The van der Waals surface area contributed by atoms with Crippen molar-refractivity contribution in [1.82, 2.24) is 24.1 Å². The van der Waals surface area contributed by atoms with E-state index < -0.39 is 0 Å². The van der Waals surface area contributed by atoms with Gasteiger partial charge in [-0.25, -0.2) is 0 Å². The number of hydrogen-bond donors (Lipinski definition) is 0. The molecule has 0 fully saturated rings. The van der Waals surface area contributed by atoms with Gasteiger partial charge in [0.1, 0.15) is 11.2 Å². The zero-order valence-electron chi connectivity index (χ0n) is 40.3. The molecule has 0 amide bonds. The molecule has 0 spiro atoms. The van der Waals surface area contributed by atoms with Crippen molar-refractivity contribution in [3.8, 4) is 44.9 Å². The number of furan rings is 1. The maximum Gasteiger partial charge on any atom is 0.143 e. The molecule has 6 heteroatoms. The quantitative estimate of drug-likeness (QED) is 0.156. The SMILES string of the molecule is C/C=C\C=C/C.CC.c1ccc(-n2c3ccc(-c4cccc5c4oc4ccc(-n6c7ccc(-c8ccccc8-c8ccccn8)cc7c7ncccc76)cc45)cc3c3ncccc32)cc1.c1ccccc1. The third-order valence-corrected chi connectivity index (χ3v) is 12.4. The summed E-state index contributed by atoms with van der Waals surface area (Å²) in [5, 5.41) is 4.33. The van der Waals surface area contributed by atoms with Gasteiger partial charge in [0.15, 0.2) is 0 Å². The lowest BCUT2D eigenvalue weighted by molar-refractivity contribution is 0.670. The van der Waals surface area contributed by atoms with E-state index in [-0.39, 0.29) is 0 Å². The Kier molecular flexibility index (Phi) is 13.5. The molecular formula is C65H53N5O. The molecule has 6 aromatic heterocycles. The molecular weight excluding hydrogens is 867 g/mol. The van der Waals surface area contributed by atoms with Crippen molar-refractivity contribution in [3.05, 3.63) is 249 Å². The maximum absolute atomic E-state index is 6.72. The van der Waals surface area contributed by atoms with Crippen LogP contribution in [0.3, 0.4) is 0 Å². The minimum absolute atomic E-state index is 0.844. The van der Waals surface area contributed by atoms with Gasteiger partial charge in [-0.2, -0.15) is 0 Å². The van der Waals surface area contributed by atoms with Gasteiger partial charge in [0.2, 0.25) is 0 Å². The van der Waals surface area contributed by atoms with Crippen LogP contribution in [0.25, 0.3) is 111 Å². The zero-order valence-corrected chi connectivity index (χ0v) is 40.3. The van der Waals surface area contributed by atoms with Crippen molar-refractivity contribution in [3.63, 3.8) is 0 Å². The Labute approximate surface area is 414 Å². The highest BCUT2D eigenvalue weighted by Gasteiger charge is 2.20. The number of allylic oxidation sites excluding steroid dienone is 4. The summed E-state index contributed by atoms with van der Waals surface area (Å²) in [5.74, 6) is 0. The molecule has 0 aliphatic heterocycles. The van der Waals surface area contributed by atoms with Gasteiger partial charge in [-0.05, 0) is 122 Å². The molecule has 0 N–H and O–H groups in total. The molecule has 0 unspecified atom stereocenters. The first kappa shape index (κ1) is 45.6. The fourth-order valence-electron chi connectivity index (χ4n) is 9.38. The van der Waals surface area contributed by atoms with E-state index >= 15 is 0 Å². The average molecular weight is 920 g/mol. The molecule has 0 aliphatic carbocycles. The van der Waals surface area contributed by atoms with Crippen molar-refractivity contribution in [2.75, 3.05) is 0 Å². The second kappa shape index (κ2) is 21.0. The van der Waals surface area contributed by atoms with E-state index in [2.05, 4.69) is 154 Å². The summed E-state index contributed by atoms with van der Waals surface area (Å²) >= 11 is 0. The van der Waals surface area contributed by atoms with Gasteiger partial charge in [-0.1, -0.05) is 153 Å². The molecule has 6 nitrogen and oxygen atoms in total. The van der Waals surface area contributed by atoms with Crippen molar-refractivity contribution in [2.45, 2.75) is 27.7 Å². The Morgan fingerprint density at radius 3 is 1.52 bits per heavy atom. The molecule has 0 aliphatic rings. The van der Waals surface area contributed by atoms with Crippen LogP contribution in [-0.4, -0.2) is 24.1 Å². The number of rotatable bonds is 6. The average Bonchev–Trinajstić information content (AvgIpc) is 4.11. The van der Waals surface area contributed by atoms with Gasteiger partial charge < -0.3 is 13.6 Å². The number of para-hydroxylation sites is 2. The Hall–Kier alpha value is -9.13. The first-order chi connectivity index (χ1) is 35.2. The molecule has 13 rings (SSSR count). The molecule has 71 heavy (non-hydrogen) atoms. The van der Waals surface area contributed by atoms with E-state index in [4.69, 9.17) is 14.4 Å². The summed E-state index contributed by atoms with van der Waals surface area (Å²) in [4.78, 5) is 14.4. The number of benzene rings is 7. The summed E-state index contributed by atoms with van der Waals surface area (Å²) in [5.41, 5.74) is 16.6. The molecule has 0 bridgehead atoms. The van der Waals surface area contributed by atoms with Crippen LogP contribution >= 0.6 is 0 Å². The van der Waals surface area contributed by atoms with E-state index in [0.29, 0.717) is 0 Å². The number of hydrogen-bond acceptors (Lipinski definition) is 4. The first-order valence-corrected chi connectivity index (χ1v) is 24.2. The van der Waals surface area contributed by atoms with Crippen LogP contribution < -0.4 is 0 Å². The standard InChI is InChI=1S/C51H31N5O.C6H6.C6H10.C2H6/c1-2-11-34(12-3-1)55-44-24-21-33(30-42(44)49-46(55)18-9-27-53-49)37-15-8-16-39-40-31-35(22-25-48(40)57-51(37)39)56-45-23-20-32(29-41(45)50-47(56)19-10-28-54-50)36-13-4-5-14-38(36)43-17-6-7-26-52-43;1-2-4-6-5-3-1;1-3-5-6-4-2;1-2/h1-31H;1-6H;3-6H,1-2H3;1-2H3/b;;5-3-,6-4-;. The summed E-state index contributed by atoms with van der Waals surface area (Å²) in [6.45, 7) is 8.00. The van der Waals surface area contributed by atoms with Crippen LogP contribution in [0.1, 0.15) is 27.7 Å². The monoisotopic (exact) mass is 919 g/mol. The number of fused-ring (bicyclic) bond motifs is 9. The lowest BCUT2D eigenvalue weighted by atomic mass is 9.96. The van der Waals surface area contributed by atoms with Crippen molar-refractivity contribution in [2.24, 2.45) is 0 Å². The minimum Gasteiger partial charge on any atom is -0.455 e. The number of nitrogens with zero attached hydrogens (tertiary/aromatic N) is 5. The molecule has 0 radical (unpaired) electrons. The molecule has 13 aromatic rings. The third kappa shape index (κ3) is 8.91. The van der Waals surface area contributed by atoms with Crippen molar-refractivity contribution >= 4 is 65.8 Å². The zero-order chi connectivity index (χ0) is 48.5. The van der Waals surface area contributed by atoms with Gasteiger partial charge >= 0.3 is 0 Å². The Balaban J connectivity index is 0.000000367. The van der Waals surface area contributed by atoms with Crippen LogP contribution in [0.4, 0.5) is 0 Å². The van der Waals surface area contributed by atoms with Crippen LogP contribution in [0.2, 0.25) is 0 Å². The number of pyridine rings is 3. The fourth-order valence-corrected chi connectivity index (χ4v) is 9.38. The largest absolute Gasteiger partial charge is 0.455 e. The summed E-state index contributed by atoms with van der Waals surface area (Å²) in [7, 11) is 0.